The Morgan fingerprint density at radius 3 is 2.54 bits per heavy atom. The summed E-state index contributed by atoms with van der Waals surface area (Å²) < 4.78 is 2.01. The monoisotopic (exact) mass is 369 g/mol. The molecule has 0 aliphatic carbocycles. The van der Waals surface area contributed by atoms with Gasteiger partial charge in [0.25, 0.3) is 0 Å². The summed E-state index contributed by atoms with van der Waals surface area (Å²) in [5, 5.41) is 5.48. The Morgan fingerprint density at radius 1 is 1.12 bits per heavy atom. The van der Waals surface area contributed by atoms with Crippen LogP contribution in [0.4, 0.5) is 5.82 Å². The zero-order valence-corrected chi connectivity index (χ0v) is 16.2. The molecule has 0 spiro atoms. The van der Waals surface area contributed by atoms with Crippen molar-refractivity contribution in [3.05, 3.63) is 58.3 Å². The first kappa shape index (κ1) is 17.2. The van der Waals surface area contributed by atoms with Crippen molar-refractivity contribution in [2.45, 2.75) is 39.5 Å². The van der Waals surface area contributed by atoms with Gasteiger partial charge in [-0.2, -0.15) is 5.10 Å². The molecule has 0 bridgehead atoms. The number of aromatic nitrogens is 4. The van der Waals surface area contributed by atoms with E-state index in [1.807, 2.05) is 30.7 Å². The number of imidazole rings is 1. The highest BCUT2D eigenvalue weighted by Crippen LogP contribution is 2.32. The smallest absolute Gasteiger partial charge is 0.132 e. The third-order valence-corrected chi connectivity index (χ3v) is 5.69. The predicted octanol–water partition coefficient (Wildman–Crippen LogP) is 4.56. The fourth-order valence-electron chi connectivity index (χ4n) is 3.78. The third-order valence-electron chi connectivity index (χ3n) is 5.29. The number of H-pyrrole nitrogens is 1. The SMILES string of the molecule is Cc1cc(N2CCC(c3nc[nH]c3C)CC2)n(-c2ccc(C)c(Cl)c2)n1. The number of hydrogen-bond acceptors (Lipinski definition) is 3. The molecule has 1 aliphatic heterocycles. The van der Waals surface area contributed by atoms with E-state index in [0.29, 0.717) is 5.92 Å². The fourth-order valence-corrected chi connectivity index (χ4v) is 3.95. The highest BCUT2D eigenvalue weighted by molar-refractivity contribution is 6.31. The lowest BCUT2D eigenvalue weighted by atomic mass is 9.92. The summed E-state index contributed by atoms with van der Waals surface area (Å²) in [7, 11) is 0. The molecule has 0 atom stereocenters. The molecule has 1 aliphatic rings. The summed E-state index contributed by atoms with van der Waals surface area (Å²) in [5.74, 6) is 1.67. The van der Waals surface area contributed by atoms with Crippen LogP contribution in [0.3, 0.4) is 0 Å². The van der Waals surface area contributed by atoms with E-state index in [9.17, 15) is 0 Å². The Bertz CT molecular complexity index is 918. The van der Waals surface area contributed by atoms with Gasteiger partial charge < -0.3 is 9.88 Å². The zero-order chi connectivity index (χ0) is 18.3. The summed E-state index contributed by atoms with van der Waals surface area (Å²) in [6.45, 7) is 8.16. The number of rotatable bonds is 3. The Kier molecular flexibility index (Phi) is 4.49. The molecule has 0 amide bonds. The molecular weight excluding hydrogens is 346 g/mol. The summed E-state index contributed by atoms with van der Waals surface area (Å²) >= 11 is 6.34. The maximum absolute atomic E-state index is 6.34. The van der Waals surface area contributed by atoms with Crippen LogP contribution < -0.4 is 4.90 Å². The van der Waals surface area contributed by atoms with Crippen LogP contribution in [0.2, 0.25) is 5.02 Å². The summed E-state index contributed by atoms with van der Waals surface area (Å²) in [5.41, 5.74) is 5.52. The molecule has 0 radical (unpaired) electrons. The van der Waals surface area contributed by atoms with Crippen molar-refractivity contribution in [1.29, 1.82) is 0 Å². The average molecular weight is 370 g/mol. The second-order valence-electron chi connectivity index (χ2n) is 7.16. The maximum atomic E-state index is 6.34. The highest BCUT2D eigenvalue weighted by atomic mass is 35.5. The van der Waals surface area contributed by atoms with Crippen molar-refractivity contribution in [3.8, 4) is 5.69 Å². The minimum Gasteiger partial charge on any atom is -0.356 e. The van der Waals surface area contributed by atoms with Gasteiger partial charge in [0.05, 0.1) is 23.4 Å². The number of halogens is 1. The first-order valence-electron chi connectivity index (χ1n) is 9.11. The van der Waals surface area contributed by atoms with E-state index >= 15 is 0 Å². The second-order valence-corrected chi connectivity index (χ2v) is 7.57. The van der Waals surface area contributed by atoms with E-state index in [2.05, 4.69) is 33.9 Å². The van der Waals surface area contributed by atoms with Gasteiger partial charge in [0.2, 0.25) is 0 Å². The molecule has 1 aromatic carbocycles. The Hall–Kier alpha value is -2.27. The number of piperidine rings is 1. The first-order chi connectivity index (χ1) is 12.5. The number of nitrogens with zero attached hydrogens (tertiary/aromatic N) is 4. The van der Waals surface area contributed by atoms with Crippen molar-refractivity contribution in [2.24, 2.45) is 0 Å². The number of benzene rings is 1. The van der Waals surface area contributed by atoms with Crippen molar-refractivity contribution < 1.29 is 0 Å². The van der Waals surface area contributed by atoms with Crippen LogP contribution in [0.15, 0.2) is 30.6 Å². The summed E-state index contributed by atoms with van der Waals surface area (Å²) in [6.07, 6.45) is 4.01. The zero-order valence-electron chi connectivity index (χ0n) is 15.5. The van der Waals surface area contributed by atoms with E-state index in [1.165, 1.54) is 11.4 Å². The van der Waals surface area contributed by atoms with Gasteiger partial charge >= 0.3 is 0 Å². The molecule has 4 rings (SSSR count). The van der Waals surface area contributed by atoms with Crippen molar-refractivity contribution in [1.82, 2.24) is 19.7 Å². The van der Waals surface area contributed by atoms with Crippen LogP contribution >= 0.6 is 11.6 Å². The number of nitrogens with one attached hydrogen (secondary N) is 1. The van der Waals surface area contributed by atoms with Crippen molar-refractivity contribution in [2.75, 3.05) is 18.0 Å². The Morgan fingerprint density at radius 2 is 1.88 bits per heavy atom. The molecule has 136 valence electrons. The van der Waals surface area contributed by atoms with Crippen LogP contribution in [0.5, 0.6) is 0 Å². The minimum absolute atomic E-state index is 0.531. The maximum Gasteiger partial charge on any atom is 0.132 e. The second kappa shape index (κ2) is 6.80. The predicted molar refractivity (Wildman–Crippen MR) is 106 cm³/mol. The van der Waals surface area contributed by atoms with E-state index in [-0.39, 0.29) is 0 Å². The first-order valence-corrected chi connectivity index (χ1v) is 9.48. The quantitative estimate of drug-likeness (QED) is 0.736. The number of aromatic amines is 1. The van der Waals surface area contributed by atoms with Crippen LogP contribution in [-0.4, -0.2) is 32.8 Å². The van der Waals surface area contributed by atoms with Gasteiger partial charge in [-0.05, 0) is 51.3 Å². The van der Waals surface area contributed by atoms with Gasteiger partial charge in [-0.15, -0.1) is 0 Å². The van der Waals surface area contributed by atoms with Gasteiger partial charge in [-0.1, -0.05) is 17.7 Å². The average Bonchev–Trinajstić information content (AvgIpc) is 3.23. The van der Waals surface area contributed by atoms with E-state index < -0.39 is 0 Å². The molecule has 1 N–H and O–H groups in total. The molecule has 0 saturated carbocycles. The lowest BCUT2D eigenvalue weighted by Gasteiger charge is -2.33. The van der Waals surface area contributed by atoms with Crippen LogP contribution in [-0.2, 0) is 0 Å². The molecule has 1 saturated heterocycles. The van der Waals surface area contributed by atoms with Gasteiger partial charge in [-0.3, -0.25) is 0 Å². The summed E-state index contributed by atoms with van der Waals surface area (Å²) in [6, 6.07) is 8.28. The fraction of sp³-hybridized carbons (Fsp3) is 0.400. The van der Waals surface area contributed by atoms with Crippen molar-refractivity contribution >= 4 is 17.4 Å². The molecule has 6 heteroatoms. The standard InChI is InChI=1S/C20H24ClN5/c1-13-4-5-17(11-18(13)21)26-19(10-14(2)24-26)25-8-6-16(7-9-25)20-15(3)22-12-23-20/h4-5,10-12,16H,6-9H2,1-3H3,(H,22,23). The topological polar surface area (TPSA) is 49.7 Å². The van der Waals surface area contributed by atoms with Gasteiger partial charge in [0.1, 0.15) is 5.82 Å². The largest absolute Gasteiger partial charge is 0.356 e. The van der Waals surface area contributed by atoms with E-state index in [1.54, 1.807) is 6.33 Å². The number of hydrogen-bond donors (Lipinski definition) is 1. The van der Waals surface area contributed by atoms with Gasteiger partial charge in [-0.25, -0.2) is 9.67 Å². The lowest BCUT2D eigenvalue weighted by Crippen LogP contribution is -2.34. The van der Waals surface area contributed by atoms with E-state index in [4.69, 9.17) is 16.7 Å². The van der Waals surface area contributed by atoms with Crippen LogP contribution in [0, 0.1) is 20.8 Å². The molecule has 26 heavy (non-hydrogen) atoms. The highest BCUT2D eigenvalue weighted by Gasteiger charge is 2.25. The molecule has 5 nitrogen and oxygen atoms in total. The molecule has 2 aromatic heterocycles. The normalized spacial score (nSPS) is 15.6. The van der Waals surface area contributed by atoms with Crippen LogP contribution in [0.25, 0.3) is 5.69 Å². The van der Waals surface area contributed by atoms with Crippen LogP contribution in [0.1, 0.15) is 41.4 Å². The van der Waals surface area contributed by atoms with Gasteiger partial charge in [0, 0.05) is 35.8 Å². The van der Waals surface area contributed by atoms with Gasteiger partial charge in [0.15, 0.2) is 0 Å². The molecular formula is C20H24ClN5. The van der Waals surface area contributed by atoms with Crippen molar-refractivity contribution in [3.63, 3.8) is 0 Å². The summed E-state index contributed by atoms with van der Waals surface area (Å²) in [4.78, 5) is 10.1. The Balaban J connectivity index is 1.58. The molecule has 3 aromatic rings. The molecule has 0 unspecified atom stereocenters. The minimum atomic E-state index is 0.531. The Labute approximate surface area is 159 Å². The van der Waals surface area contributed by atoms with E-state index in [0.717, 1.165) is 53.7 Å². The number of anilines is 1. The molecule has 3 heterocycles. The lowest BCUT2D eigenvalue weighted by molar-refractivity contribution is 0.490. The third kappa shape index (κ3) is 3.12. The molecule has 1 fully saturated rings. The number of aryl methyl sites for hydroxylation is 3.